The third-order valence-corrected chi connectivity index (χ3v) is 4.27. The second-order valence-electron chi connectivity index (χ2n) is 4.72. The Morgan fingerprint density at radius 1 is 1.25 bits per heavy atom. The number of hydrogen-bond acceptors (Lipinski definition) is 5. The zero-order valence-electron chi connectivity index (χ0n) is 11.9. The highest BCUT2D eigenvalue weighted by Gasteiger charge is 2.19. The molecule has 20 heavy (non-hydrogen) atoms. The molecular formula is C15H19N3OS. The molecule has 4 nitrogen and oxygen atoms in total. The zero-order chi connectivity index (χ0) is 14.5. The minimum atomic E-state index is -0.0167. The van der Waals surface area contributed by atoms with Gasteiger partial charge in [0.15, 0.2) is 5.16 Å². The number of aromatic nitrogens is 2. The highest BCUT2D eigenvalue weighted by molar-refractivity contribution is 7.99. The third-order valence-electron chi connectivity index (χ3n) is 2.89. The highest BCUT2D eigenvalue weighted by Crippen LogP contribution is 2.36. The molecule has 2 atom stereocenters. The first kappa shape index (κ1) is 14.8. The summed E-state index contributed by atoms with van der Waals surface area (Å²) in [7, 11) is 1.66. The number of nitrogens with two attached hydrogens (primary N) is 1. The van der Waals surface area contributed by atoms with E-state index in [0.717, 1.165) is 22.0 Å². The molecule has 5 heteroatoms. The van der Waals surface area contributed by atoms with Gasteiger partial charge >= 0.3 is 0 Å². The second-order valence-corrected chi connectivity index (χ2v) is 5.83. The summed E-state index contributed by atoms with van der Waals surface area (Å²) < 4.78 is 5.27. The molecule has 1 heterocycles. The Balaban J connectivity index is 2.24. The number of benzene rings is 1. The highest BCUT2D eigenvalue weighted by atomic mass is 32.2. The minimum Gasteiger partial charge on any atom is -0.497 e. The quantitative estimate of drug-likeness (QED) is 0.677. The first-order valence-electron chi connectivity index (χ1n) is 6.45. The van der Waals surface area contributed by atoms with Gasteiger partial charge in [-0.2, -0.15) is 0 Å². The minimum absolute atomic E-state index is 0.0167. The van der Waals surface area contributed by atoms with Gasteiger partial charge in [0, 0.05) is 18.4 Å². The number of methoxy groups -OCH3 is 1. The molecule has 2 aromatic rings. The van der Waals surface area contributed by atoms with Crippen molar-refractivity contribution in [3.8, 4) is 5.75 Å². The van der Waals surface area contributed by atoms with E-state index in [1.807, 2.05) is 44.4 Å². The van der Waals surface area contributed by atoms with E-state index in [0.29, 0.717) is 0 Å². The van der Waals surface area contributed by atoms with Gasteiger partial charge in [-0.15, -0.1) is 0 Å². The van der Waals surface area contributed by atoms with Crippen molar-refractivity contribution < 1.29 is 4.74 Å². The van der Waals surface area contributed by atoms with Gasteiger partial charge in [0.2, 0.25) is 0 Å². The van der Waals surface area contributed by atoms with Crippen LogP contribution in [0.4, 0.5) is 0 Å². The van der Waals surface area contributed by atoms with Crippen molar-refractivity contribution in [2.45, 2.75) is 30.3 Å². The van der Waals surface area contributed by atoms with Gasteiger partial charge in [0.1, 0.15) is 5.75 Å². The topological polar surface area (TPSA) is 61.0 Å². The number of thioether (sulfide) groups is 1. The summed E-state index contributed by atoms with van der Waals surface area (Å²) in [6.45, 7) is 3.96. The van der Waals surface area contributed by atoms with E-state index in [2.05, 4.69) is 16.0 Å². The number of ether oxygens (including phenoxy) is 1. The molecule has 0 bridgehead atoms. The molecule has 0 amide bonds. The van der Waals surface area contributed by atoms with Crippen molar-refractivity contribution in [2.75, 3.05) is 7.11 Å². The average Bonchev–Trinajstić information content (AvgIpc) is 2.46. The molecule has 0 spiro atoms. The summed E-state index contributed by atoms with van der Waals surface area (Å²) >= 11 is 1.58. The van der Waals surface area contributed by atoms with E-state index in [9.17, 15) is 0 Å². The molecule has 2 unspecified atom stereocenters. The van der Waals surface area contributed by atoms with E-state index in [-0.39, 0.29) is 11.3 Å². The molecule has 2 rings (SSSR count). The fraction of sp³-hybridized carbons (Fsp3) is 0.333. The Bertz CT molecular complexity index is 557. The Morgan fingerprint density at radius 3 is 2.55 bits per heavy atom. The number of rotatable bonds is 5. The molecular weight excluding hydrogens is 270 g/mol. The predicted octanol–water partition coefficient (Wildman–Crippen LogP) is 2.97. The molecule has 0 aliphatic carbocycles. The lowest BCUT2D eigenvalue weighted by atomic mass is 10.1. The number of aryl methyl sites for hydroxylation is 1. The van der Waals surface area contributed by atoms with Crippen LogP contribution < -0.4 is 10.5 Å². The van der Waals surface area contributed by atoms with E-state index >= 15 is 0 Å². The SMILES string of the molecule is COc1cccc(C(Sc2ncc(C)cn2)C(C)N)c1. The molecule has 0 radical (unpaired) electrons. The maximum absolute atomic E-state index is 6.12. The Labute approximate surface area is 123 Å². The maximum Gasteiger partial charge on any atom is 0.188 e. The van der Waals surface area contributed by atoms with Crippen molar-refractivity contribution in [3.05, 3.63) is 47.8 Å². The second kappa shape index (κ2) is 6.72. The van der Waals surface area contributed by atoms with Gasteiger partial charge in [-0.1, -0.05) is 23.9 Å². The van der Waals surface area contributed by atoms with Crippen LogP contribution in [0.2, 0.25) is 0 Å². The Kier molecular flexibility index (Phi) is 4.98. The van der Waals surface area contributed by atoms with Crippen LogP contribution in [0.3, 0.4) is 0 Å². The molecule has 0 fully saturated rings. The standard InChI is InChI=1S/C15H19N3OS/c1-10-8-17-15(18-9-10)20-14(11(2)16)12-5-4-6-13(7-12)19-3/h4-9,11,14H,16H2,1-3H3. The molecule has 0 aliphatic rings. The lowest BCUT2D eigenvalue weighted by Crippen LogP contribution is -2.22. The fourth-order valence-corrected chi connectivity index (χ4v) is 2.80. The third kappa shape index (κ3) is 3.71. The van der Waals surface area contributed by atoms with Crippen LogP contribution in [-0.4, -0.2) is 23.1 Å². The molecule has 1 aromatic carbocycles. The van der Waals surface area contributed by atoms with Crippen LogP contribution in [0, 0.1) is 6.92 Å². The van der Waals surface area contributed by atoms with Gasteiger partial charge in [0.05, 0.1) is 12.4 Å². The number of hydrogen-bond donors (Lipinski definition) is 1. The van der Waals surface area contributed by atoms with Crippen LogP contribution in [0.25, 0.3) is 0 Å². The first-order valence-corrected chi connectivity index (χ1v) is 7.33. The molecule has 2 N–H and O–H groups in total. The monoisotopic (exact) mass is 289 g/mol. The average molecular weight is 289 g/mol. The van der Waals surface area contributed by atoms with Crippen LogP contribution >= 0.6 is 11.8 Å². The maximum atomic E-state index is 6.12. The summed E-state index contributed by atoms with van der Waals surface area (Å²) in [5, 5.41) is 0.827. The lowest BCUT2D eigenvalue weighted by molar-refractivity contribution is 0.414. The largest absolute Gasteiger partial charge is 0.497 e. The zero-order valence-corrected chi connectivity index (χ0v) is 12.7. The Hall–Kier alpha value is -1.59. The summed E-state index contributed by atoms with van der Waals surface area (Å²) in [4.78, 5) is 8.67. The lowest BCUT2D eigenvalue weighted by Gasteiger charge is -2.20. The molecule has 1 aromatic heterocycles. The normalized spacial score (nSPS) is 13.8. The molecule has 106 valence electrons. The van der Waals surface area contributed by atoms with E-state index in [4.69, 9.17) is 10.5 Å². The van der Waals surface area contributed by atoms with Gasteiger partial charge < -0.3 is 10.5 Å². The van der Waals surface area contributed by atoms with Gasteiger partial charge in [-0.25, -0.2) is 9.97 Å². The Morgan fingerprint density at radius 2 is 1.95 bits per heavy atom. The van der Waals surface area contributed by atoms with Gasteiger partial charge in [-0.05, 0) is 37.1 Å². The van der Waals surface area contributed by atoms with Gasteiger partial charge in [0.25, 0.3) is 0 Å². The van der Waals surface area contributed by atoms with Crippen molar-refractivity contribution in [3.63, 3.8) is 0 Å². The number of nitrogens with zero attached hydrogens (tertiary/aromatic N) is 2. The molecule has 0 aliphatic heterocycles. The van der Waals surface area contributed by atoms with Crippen molar-refractivity contribution in [1.29, 1.82) is 0 Å². The smallest absolute Gasteiger partial charge is 0.188 e. The van der Waals surface area contributed by atoms with Crippen LogP contribution in [-0.2, 0) is 0 Å². The summed E-state index contributed by atoms with van der Waals surface area (Å²) in [5.74, 6) is 0.832. The van der Waals surface area contributed by atoms with E-state index in [1.54, 1.807) is 18.9 Å². The van der Waals surface area contributed by atoms with Crippen molar-refractivity contribution >= 4 is 11.8 Å². The molecule has 0 saturated carbocycles. The van der Waals surface area contributed by atoms with Gasteiger partial charge in [-0.3, -0.25) is 0 Å². The van der Waals surface area contributed by atoms with E-state index in [1.165, 1.54) is 0 Å². The van der Waals surface area contributed by atoms with E-state index < -0.39 is 0 Å². The summed E-state index contributed by atoms with van der Waals surface area (Å²) in [6, 6.07) is 7.94. The van der Waals surface area contributed by atoms with Crippen LogP contribution in [0.15, 0.2) is 41.8 Å². The predicted molar refractivity (Wildman–Crippen MR) is 82.0 cm³/mol. The van der Waals surface area contributed by atoms with Crippen molar-refractivity contribution in [1.82, 2.24) is 9.97 Å². The van der Waals surface area contributed by atoms with Crippen LogP contribution in [0.5, 0.6) is 5.75 Å². The summed E-state index contributed by atoms with van der Waals surface area (Å²) in [6.07, 6.45) is 3.64. The first-order chi connectivity index (χ1) is 9.60. The van der Waals surface area contributed by atoms with Crippen molar-refractivity contribution in [2.24, 2.45) is 5.73 Å². The van der Waals surface area contributed by atoms with Crippen LogP contribution in [0.1, 0.15) is 23.3 Å². The fourth-order valence-electron chi connectivity index (χ4n) is 1.85. The summed E-state index contributed by atoms with van der Waals surface area (Å²) in [5.41, 5.74) is 8.29. The molecule has 0 saturated heterocycles.